The van der Waals surface area contributed by atoms with Crippen LogP contribution in [0.2, 0.25) is 0 Å². The van der Waals surface area contributed by atoms with E-state index >= 15 is 0 Å². The zero-order chi connectivity index (χ0) is 13.2. The van der Waals surface area contributed by atoms with Gasteiger partial charge in [0.2, 0.25) is 0 Å². The summed E-state index contributed by atoms with van der Waals surface area (Å²) in [4.78, 5) is 2.23. The highest BCUT2D eigenvalue weighted by Gasteiger charge is 2.07. The van der Waals surface area contributed by atoms with Gasteiger partial charge in [-0.1, -0.05) is 36.4 Å². The van der Waals surface area contributed by atoms with Crippen LogP contribution in [0.5, 0.6) is 0 Å². The molecule has 2 heteroatoms. The molecule has 0 fully saturated rings. The Morgan fingerprint density at radius 2 is 1.47 bits per heavy atom. The van der Waals surface area contributed by atoms with Gasteiger partial charge < -0.3 is 4.90 Å². The molecule has 0 bridgehead atoms. The van der Waals surface area contributed by atoms with Crippen LogP contribution in [0.3, 0.4) is 0 Å². The first-order valence-electron chi connectivity index (χ1n) is 6.23. The highest BCUT2D eigenvalue weighted by Crippen LogP contribution is 2.31. The van der Waals surface area contributed by atoms with Crippen molar-refractivity contribution in [1.82, 2.24) is 0 Å². The van der Waals surface area contributed by atoms with Gasteiger partial charge in [-0.3, -0.25) is 0 Å². The third-order valence-electron chi connectivity index (χ3n) is 3.34. The molecule has 0 aliphatic carbocycles. The fraction of sp³-hybridized carbons (Fsp3) is 0.0588. The van der Waals surface area contributed by atoms with Gasteiger partial charge in [0.25, 0.3) is 0 Å². The second-order valence-electron chi connectivity index (χ2n) is 4.53. The van der Waals surface area contributed by atoms with Crippen molar-refractivity contribution in [2.45, 2.75) is 0 Å². The molecule has 0 unspecified atom stereocenters. The lowest BCUT2D eigenvalue weighted by Crippen LogP contribution is -2.09. The first-order chi connectivity index (χ1) is 9.25. The minimum atomic E-state index is 1.21. The Kier molecular flexibility index (Phi) is 3.42. The van der Waals surface area contributed by atoms with Crippen LogP contribution in [0, 0.1) is 3.57 Å². The molecule has 0 spiro atoms. The normalized spacial score (nSPS) is 10.6. The van der Waals surface area contributed by atoms with Crippen LogP contribution in [0.1, 0.15) is 0 Å². The standard InChI is InChI=1S/C17H14IN/c1-19(15-11-9-14(18)10-12-15)17-8-4-6-13-5-2-3-7-16(13)17/h2-12H,1H3. The highest BCUT2D eigenvalue weighted by molar-refractivity contribution is 14.1. The Labute approximate surface area is 127 Å². The van der Waals surface area contributed by atoms with Crippen molar-refractivity contribution in [2.24, 2.45) is 0 Å². The van der Waals surface area contributed by atoms with Gasteiger partial charge in [-0.15, -0.1) is 0 Å². The van der Waals surface area contributed by atoms with Crippen LogP contribution < -0.4 is 4.90 Å². The Bertz CT molecular complexity index is 699. The molecule has 0 radical (unpaired) electrons. The van der Waals surface area contributed by atoms with Crippen LogP contribution in [0.25, 0.3) is 10.8 Å². The van der Waals surface area contributed by atoms with Gasteiger partial charge in [0.05, 0.1) is 0 Å². The van der Waals surface area contributed by atoms with E-state index < -0.39 is 0 Å². The number of benzene rings is 3. The van der Waals surface area contributed by atoms with Crippen molar-refractivity contribution in [3.63, 3.8) is 0 Å². The number of fused-ring (bicyclic) bond motifs is 1. The van der Waals surface area contributed by atoms with E-state index in [2.05, 4.69) is 101 Å². The van der Waals surface area contributed by atoms with Gasteiger partial charge in [-0.25, -0.2) is 0 Å². The van der Waals surface area contributed by atoms with Gasteiger partial charge >= 0.3 is 0 Å². The Balaban J connectivity index is 2.11. The third-order valence-corrected chi connectivity index (χ3v) is 4.06. The first-order valence-corrected chi connectivity index (χ1v) is 7.30. The summed E-state index contributed by atoms with van der Waals surface area (Å²) < 4.78 is 1.26. The van der Waals surface area contributed by atoms with Crippen molar-refractivity contribution in [3.8, 4) is 0 Å². The molecule has 94 valence electrons. The smallest absolute Gasteiger partial charge is 0.0487 e. The molecule has 3 aromatic carbocycles. The van der Waals surface area contributed by atoms with Crippen LogP contribution in [-0.4, -0.2) is 7.05 Å². The summed E-state index contributed by atoms with van der Waals surface area (Å²) >= 11 is 2.33. The minimum Gasteiger partial charge on any atom is -0.344 e. The average molecular weight is 359 g/mol. The van der Waals surface area contributed by atoms with E-state index in [-0.39, 0.29) is 0 Å². The molecule has 0 aliphatic heterocycles. The monoisotopic (exact) mass is 359 g/mol. The first kappa shape index (κ1) is 12.5. The van der Waals surface area contributed by atoms with Crippen LogP contribution in [0.15, 0.2) is 66.7 Å². The average Bonchev–Trinajstić information content (AvgIpc) is 2.47. The molecule has 0 saturated heterocycles. The maximum absolute atomic E-state index is 2.33. The van der Waals surface area contributed by atoms with Gasteiger partial charge in [-0.05, 0) is 58.3 Å². The minimum absolute atomic E-state index is 1.21. The largest absolute Gasteiger partial charge is 0.344 e. The Morgan fingerprint density at radius 3 is 2.26 bits per heavy atom. The molecule has 0 N–H and O–H groups in total. The van der Waals surface area contributed by atoms with E-state index in [1.54, 1.807) is 0 Å². The third kappa shape index (κ3) is 2.45. The Hall–Kier alpha value is -1.55. The number of hydrogen-bond donors (Lipinski definition) is 0. The molecular weight excluding hydrogens is 345 g/mol. The van der Waals surface area contributed by atoms with Gasteiger partial charge in [0, 0.05) is 27.4 Å². The number of halogens is 1. The summed E-state index contributed by atoms with van der Waals surface area (Å²) in [6.45, 7) is 0. The summed E-state index contributed by atoms with van der Waals surface area (Å²) in [5.41, 5.74) is 2.44. The van der Waals surface area contributed by atoms with E-state index in [1.165, 1.54) is 25.7 Å². The molecule has 3 aromatic rings. The number of rotatable bonds is 2. The summed E-state index contributed by atoms with van der Waals surface area (Å²) in [7, 11) is 2.12. The second-order valence-corrected chi connectivity index (χ2v) is 5.78. The number of nitrogens with zero attached hydrogens (tertiary/aromatic N) is 1. The van der Waals surface area contributed by atoms with Crippen molar-refractivity contribution < 1.29 is 0 Å². The number of anilines is 2. The van der Waals surface area contributed by atoms with Gasteiger partial charge in [0.1, 0.15) is 0 Å². The predicted octanol–water partition coefficient (Wildman–Crippen LogP) is 5.21. The Morgan fingerprint density at radius 1 is 0.789 bits per heavy atom. The summed E-state index contributed by atoms with van der Waals surface area (Å²) in [5, 5.41) is 2.56. The van der Waals surface area contributed by atoms with Gasteiger partial charge in [-0.2, -0.15) is 0 Å². The van der Waals surface area contributed by atoms with E-state index in [1.807, 2.05) is 0 Å². The molecular formula is C17H14IN. The maximum atomic E-state index is 2.33. The number of hydrogen-bond acceptors (Lipinski definition) is 1. The lowest BCUT2D eigenvalue weighted by atomic mass is 10.1. The van der Waals surface area contributed by atoms with Gasteiger partial charge in [0.15, 0.2) is 0 Å². The quantitative estimate of drug-likeness (QED) is 0.568. The molecule has 0 amide bonds. The molecule has 19 heavy (non-hydrogen) atoms. The van der Waals surface area contributed by atoms with Crippen LogP contribution in [0.4, 0.5) is 11.4 Å². The predicted molar refractivity (Wildman–Crippen MR) is 91.2 cm³/mol. The SMILES string of the molecule is CN(c1ccc(I)cc1)c1cccc2ccccc12. The fourth-order valence-electron chi connectivity index (χ4n) is 2.30. The van der Waals surface area contributed by atoms with E-state index in [0.717, 1.165) is 0 Å². The van der Waals surface area contributed by atoms with E-state index in [0.29, 0.717) is 0 Å². The fourth-order valence-corrected chi connectivity index (χ4v) is 2.66. The molecule has 1 nitrogen and oxygen atoms in total. The van der Waals surface area contributed by atoms with Crippen LogP contribution >= 0.6 is 22.6 Å². The molecule has 0 saturated carbocycles. The lowest BCUT2D eigenvalue weighted by molar-refractivity contribution is 1.22. The van der Waals surface area contributed by atoms with Crippen molar-refractivity contribution >= 4 is 44.7 Å². The molecule has 0 aromatic heterocycles. The summed E-state index contributed by atoms with van der Waals surface area (Å²) in [6.07, 6.45) is 0. The highest BCUT2D eigenvalue weighted by atomic mass is 127. The summed E-state index contributed by atoms with van der Waals surface area (Å²) in [5.74, 6) is 0. The lowest BCUT2D eigenvalue weighted by Gasteiger charge is -2.21. The zero-order valence-electron chi connectivity index (χ0n) is 10.7. The maximum Gasteiger partial charge on any atom is 0.0487 e. The molecule has 3 rings (SSSR count). The van der Waals surface area contributed by atoms with Crippen molar-refractivity contribution in [3.05, 3.63) is 70.3 Å². The molecule has 0 heterocycles. The van der Waals surface area contributed by atoms with E-state index in [4.69, 9.17) is 0 Å². The summed E-state index contributed by atoms with van der Waals surface area (Å²) in [6, 6.07) is 23.5. The second kappa shape index (κ2) is 5.21. The molecule has 0 aliphatic rings. The topological polar surface area (TPSA) is 3.24 Å². The molecule has 0 atom stereocenters. The van der Waals surface area contributed by atoms with Crippen LogP contribution in [-0.2, 0) is 0 Å². The van der Waals surface area contributed by atoms with Crippen molar-refractivity contribution in [2.75, 3.05) is 11.9 Å². The van der Waals surface area contributed by atoms with Crippen molar-refractivity contribution in [1.29, 1.82) is 0 Å². The van der Waals surface area contributed by atoms with E-state index in [9.17, 15) is 0 Å². The zero-order valence-corrected chi connectivity index (χ0v) is 12.8.